The van der Waals surface area contributed by atoms with E-state index in [0.717, 1.165) is 23.5 Å². The maximum atomic E-state index is 12.3. The fourth-order valence-corrected chi connectivity index (χ4v) is 2.90. The zero-order chi connectivity index (χ0) is 17.0. The van der Waals surface area contributed by atoms with Crippen LogP contribution in [0.4, 0.5) is 0 Å². The summed E-state index contributed by atoms with van der Waals surface area (Å²) in [6.45, 7) is 5.09. The molecular formula is C20H23NO3. The van der Waals surface area contributed by atoms with Crippen LogP contribution in [-0.4, -0.2) is 19.2 Å². The normalized spacial score (nSPS) is 12.9. The molecule has 0 fully saturated rings. The van der Waals surface area contributed by atoms with Crippen molar-refractivity contribution < 1.29 is 14.3 Å². The van der Waals surface area contributed by atoms with E-state index in [2.05, 4.69) is 31.3 Å². The van der Waals surface area contributed by atoms with Crippen LogP contribution < -0.4 is 14.8 Å². The standard InChI is InChI=1S/C20H23NO3/c1-20(2,16-6-4-3-5-7-16)13-19(22)21-11-10-15-8-9-17-18(12-15)24-14-23-17/h3-9,12H,10-11,13-14H2,1-2H3,(H,21,22). The smallest absolute Gasteiger partial charge is 0.231 e. The molecule has 2 aromatic carbocycles. The van der Waals surface area contributed by atoms with Gasteiger partial charge in [-0.3, -0.25) is 4.79 Å². The molecule has 1 N–H and O–H groups in total. The van der Waals surface area contributed by atoms with Crippen LogP contribution in [0.1, 0.15) is 31.4 Å². The molecule has 0 bridgehead atoms. The number of benzene rings is 2. The van der Waals surface area contributed by atoms with E-state index in [1.165, 1.54) is 5.56 Å². The number of amides is 1. The SMILES string of the molecule is CC(C)(CC(=O)NCCc1ccc2c(c1)OCO2)c1ccccc1. The van der Waals surface area contributed by atoms with Gasteiger partial charge in [0.25, 0.3) is 0 Å². The predicted molar refractivity (Wildman–Crippen MR) is 93.4 cm³/mol. The van der Waals surface area contributed by atoms with Gasteiger partial charge in [0.05, 0.1) is 0 Å². The highest BCUT2D eigenvalue weighted by Crippen LogP contribution is 2.32. The van der Waals surface area contributed by atoms with Gasteiger partial charge in [-0.25, -0.2) is 0 Å². The first kappa shape index (κ1) is 16.4. The summed E-state index contributed by atoms with van der Waals surface area (Å²) >= 11 is 0. The van der Waals surface area contributed by atoms with Gasteiger partial charge in [-0.1, -0.05) is 50.2 Å². The molecule has 4 heteroatoms. The van der Waals surface area contributed by atoms with Gasteiger partial charge >= 0.3 is 0 Å². The highest BCUT2D eigenvalue weighted by Gasteiger charge is 2.23. The average molecular weight is 325 g/mol. The van der Waals surface area contributed by atoms with E-state index in [-0.39, 0.29) is 18.1 Å². The highest BCUT2D eigenvalue weighted by atomic mass is 16.7. The summed E-state index contributed by atoms with van der Waals surface area (Å²) in [5, 5.41) is 3.01. The molecule has 1 aliphatic heterocycles. The molecule has 0 atom stereocenters. The molecule has 1 heterocycles. The van der Waals surface area contributed by atoms with E-state index in [1.807, 2.05) is 36.4 Å². The number of hydrogen-bond donors (Lipinski definition) is 1. The van der Waals surface area contributed by atoms with Crippen LogP contribution in [0.15, 0.2) is 48.5 Å². The summed E-state index contributed by atoms with van der Waals surface area (Å²) < 4.78 is 10.7. The minimum Gasteiger partial charge on any atom is -0.454 e. The molecule has 0 unspecified atom stereocenters. The summed E-state index contributed by atoms with van der Waals surface area (Å²) in [5.74, 6) is 1.64. The number of hydrogen-bond acceptors (Lipinski definition) is 3. The van der Waals surface area contributed by atoms with E-state index >= 15 is 0 Å². The Labute approximate surface area is 142 Å². The number of carbonyl (C=O) groups excluding carboxylic acids is 1. The lowest BCUT2D eigenvalue weighted by molar-refractivity contribution is -0.122. The summed E-state index contributed by atoms with van der Waals surface area (Å²) in [6.07, 6.45) is 1.24. The second kappa shape index (κ2) is 6.95. The molecule has 126 valence electrons. The average Bonchev–Trinajstić information content (AvgIpc) is 3.03. The second-order valence-corrected chi connectivity index (χ2v) is 6.71. The summed E-state index contributed by atoms with van der Waals surface area (Å²) in [5.41, 5.74) is 2.13. The van der Waals surface area contributed by atoms with Gasteiger partial charge < -0.3 is 14.8 Å². The Morgan fingerprint density at radius 3 is 2.62 bits per heavy atom. The molecule has 1 amide bonds. The maximum absolute atomic E-state index is 12.3. The number of rotatable bonds is 6. The molecule has 1 aliphatic rings. The van der Waals surface area contributed by atoms with Crippen LogP contribution in [0.2, 0.25) is 0 Å². The summed E-state index contributed by atoms with van der Waals surface area (Å²) in [7, 11) is 0. The maximum Gasteiger partial charge on any atom is 0.231 e. The molecular weight excluding hydrogens is 302 g/mol. The molecule has 0 saturated carbocycles. The van der Waals surface area contributed by atoms with Crippen molar-refractivity contribution in [3.8, 4) is 11.5 Å². The number of nitrogens with one attached hydrogen (secondary N) is 1. The lowest BCUT2D eigenvalue weighted by atomic mass is 9.81. The Hall–Kier alpha value is -2.49. The molecule has 0 aliphatic carbocycles. The van der Waals surface area contributed by atoms with E-state index in [0.29, 0.717) is 13.0 Å². The minimum atomic E-state index is -0.176. The van der Waals surface area contributed by atoms with E-state index < -0.39 is 0 Å². The van der Waals surface area contributed by atoms with Crippen molar-refractivity contribution in [3.63, 3.8) is 0 Å². The van der Waals surface area contributed by atoms with Crippen molar-refractivity contribution in [2.24, 2.45) is 0 Å². The molecule has 0 saturated heterocycles. The Bertz CT molecular complexity index is 710. The van der Waals surface area contributed by atoms with Crippen molar-refractivity contribution >= 4 is 5.91 Å². The third-order valence-electron chi connectivity index (χ3n) is 4.33. The van der Waals surface area contributed by atoms with E-state index in [1.54, 1.807) is 0 Å². The zero-order valence-electron chi connectivity index (χ0n) is 14.2. The Morgan fingerprint density at radius 2 is 1.83 bits per heavy atom. The lowest BCUT2D eigenvalue weighted by Crippen LogP contribution is -2.32. The first-order valence-corrected chi connectivity index (χ1v) is 8.25. The van der Waals surface area contributed by atoms with Crippen molar-refractivity contribution in [1.29, 1.82) is 0 Å². The van der Waals surface area contributed by atoms with E-state index in [4.69, 9.17) is 9.47 Å². The Morgan fingerprint density at radius 1 is 1.08 bits per heavy atom. The third kappa shape index (κ3) is 3.88. The van der Waals surface area contributed by atoms with Crippen LogP contribution >= 0.6 is 0 Å². The number of fused-ring (bicyclic) bond motifs is 1. The first-order valence-electron chi connectivity index (χ1n) is 8.25. The van der Waals surface area contributed by atoms with Crippen molar-refractivity contribution in [1.82, 2.24) is 5.32 Å². The minimum absolute atomic E-state index is 0.0737. The van der Waals surface area contributed by atoms with Gasteiger partial charge in [0.2, 0.25) is 12.7 Å². The van der Waals surface area contributed by atoms with Gasteiger partial charge in [-0.15, -0.1) is 0 Å². The summed E-state index contributed by atoms with van der Waals surface area (Å²) in [4.78, 5) is 12.3. The number of ether oxygens (including phenoxy) is 2. The molecule has 0 spiro atoms. The highest BCUT2D eigenvalue weighted by molar-refractivity contribution is 5.77. The summed E-state index contributed by atoms with van der Waals surface area (Å²) in [6, 6.07) is 16.0. The fourth-order valence-electron chi connectivity index (χ4n) is 2.90. The largest absolute Gasteiger partial charge is 0.454 e. The van der Waals surface area contributed by atoms with Gasteiger partial charge in [0, 0.05) is 13.0 Å². The molecule has 3 rings (SSSR count). The number of carbonyl (C=O) groups is 1. The van der Waals surface area contributed by atoms with Crippen LogP contribution in [0.3, 0.4) is 0 Å². The first-order chi connectivity index (χ1) is 11.5. The predicted octanol–water partition coefficient (Wildman–Crippen LogP) is 3.44. The topological polar surface area (TPSA) is 47.6 Å². The van der Waals surface area contributed by atoms with Crippen molar-refractivity contribution in [2.45, 2.75) is 32.1 Å². The third-order valence-corrected chi connectivity index (χ3v) is 4.33. The molecule has 0 aromatic heterocycles. The van der Waals surface area contributed by atoms with Gasteiger partial charge in [-0.2, -0.15) is 0 Å². The Balaban J connectivity index is 1.49. The van der Waals surface area contributed by atoms with Crippen molar-refractivity contribution in [3.05, 3.63) is 59.7 Å². The molecule has 4 nitrogen and oxygen atoms in total. The van der Waals surface area contributed by atoms with Crippen LogP contribution in [0.25, 0.3) is 0 Å². The van der Waals surface area contributed by atoms with Crippen LogP contribution in [0, 0.1) is 0 Å². The molecule has 2 aromatic rings. The zero-order valence-corrected chi connectivity index (χ0v) is 14.2. The van der Waals surface area contributed by atoms with Gasteiger partial charge in [0.15, 0.2) is 11.5 Å². The van der Waals surface area contributed by atoms with Gasteiger partial charge in [0.1, 0.15) is 0 Å². The van der Waals surface area contributed by atoms with Crippen LogP contribution in [0.5, 0.6) is 11.5 Å². The lowest BCUT2D eigenvalue weighted by Gasteiger charge is -2.24. The Kier molecular flexibility index (Phi) is 4.74. The van der Waals surface area contributed by atoms with E-state index in [9.17, 15) is 4.79 Å². The fraction of sp³-hybridized carbons (Fsp3) is 0.350. The van der Waals surface area contributed by atoms with Crippen molar-refractivity contribution in [2.75, 3.05) is 13.3 Å². The monoisotopic (exact) mass is 325 g/mol. The molecule has 24 heavy (non-hydrogen) atoms. The second-order valence-electron chi connectivity index (χ2n) is 6.71. The van der Waals surface area contributed by atoms with Gasteiger partial charge in [-0.05, 0) is 35.1 Å². The molecule has 0 radical (unpaired) electrons. The quantitative estimate of drug-likeness (QED) is 0.885. The van der Waals surface area contributed by atoms with Crippen LogP contribution in [-0.2, 0) is 16.6 Å².